The van der Waals surface area contributed by atoms with Crippen LogP contribution < -0.4 is 4.74 Å². The third kappa shape index (κ3) is 3.85. The molecular formula is C18H25N5O2S. The maximum Gasteiger partial charge on any atom is 0.236 e. The van der Waals surface area contributed by atoms with Crippen LogP contribution in [-0.4, -0.2) is 55.5 Å². The summed E-state index contributed by atoms with van der Waals surface area (Å²) in [5, 5.41) is 12.3. The molecule has 0 radical (unpaired) electrons. The zero-order chi connectivity index (χ0) is 18.7. The highest BCUT2D eigenvalue weighted by Gasteiger charge is 2.32. The van der Waals surface area contributed by atoms with Gasteiger partial charge in [-0.25, -0.2) is 0 Å². The standard InChI is InChI=1S/C18H25N5O2S/c1-12-6-5-7-13(2)22(12)17(24)14(3)26-18-19-20-21-23(18)15-8-10-16(25-4)11-9-15/h8-14H,5-7H2,1-4H3/t12-,13-,14+/m0/s1. The molecule has 2 heterocycles. The van der Waals surface area contributed by atoms with Crippen LogP contribution in [0.2, 0.25) is 0 Å². The topological polar surface area (TPSA) is 73.1 Å². The Balaban J connectivity index is 1.74. The second-order valence-electron chi connectivity index (χ2n) is 6.71. The molecule has 26 heavy (non-hydrogen) atoms. The molecule has 1 aromatic carbocycles. The fraction of sp³-hybridized carbons (Fsp3) is 0.556. The van der Waals surface area contributed by atoms with Crippen molar-refractivity contribution in [1.29, 1.82) is 0 Å². The molecule has 0 unspecified atom stereocenters. The first kappa shape index (κ1) is 18.7. The zero-order valence-electron chi connectivity index (χ0n) is 15.6. The molecule has 1 saturated heterocycles. The fourth-order valence-electron chi connectivity index (χ4n) is 3.41. The van der Waals surface area contributed by atoms with Gasteiger partial charge in [0.2, 0.25) is 11.1 Å². The molecular weight excluding hydrogens is 350 g/mol. The van der Waals surface area contributed by atoms with Crippen LogP contribution in [0.15, 0.2) is 29.4 Å². The third-order valence-electron chi connectivity index (χ3n) is 4.84. The van der Waals surface area contributed by atoms with E-state index in [-0.39, 0.29) is 23.2 Å². The quantitative estimate of drug-likeness (QED) is 0.748. The number of nitrogens with zero attached hydrogens (tertiary/aromatic N) is 5. The van der Waals surface area contributed by atoms with E-state index >= 15 is 0 Å². The number of thioether (sulfide) groups is 1. The third-order valence-corrected chi connectivity index (χ3v) is 5.86. The van der Waals surface area contributed by atoms with Crippen LogP contribution >= 0.6 is 11.8 Å². The number of benzene rings is 1. The summed E-state index contributed by atoms with van der Waals surface area (Å²) >= 11 is 1.39. The van der Waals surface area contributed by atoms with E-state index in [2.05, 4.69) is 29.4 Å². The maximum absolute atomic E-state index is 13.0. The monoisotopic (exact) mass is 375 g/mol. The van der Waals surface area contributed by atoms with E-state index in [4.69, 9.17) is 4.74 Å². The van der Waals surface area contributed by atoms with Gasteiger partial charge in [0, 0.05) is 12.1 Å². The number of carbonyl (C=O) groups is 1. The molecule has 1 aromatic heterocycles. The second-order valence-corrected chi connectivity index (χ2v) is 8.01. The molecule has 3 rings (SSSR count). The fourth-order valence-corrected chi connectivity index (χ4v) is 4.28. The lowest BCUT2D eigenvalue weighted by atomic mass is 9.97. The van der Waals surface area contributed by atoms with Gasteiger partial charge < -0.3 is 9.64 Å². The van der Waals surface area contributed by atoms with E-state index in [1.807, 2.05) is 36.1 Å². The lowest BCUT2D eigenvalue weighted by molar-refractivity contribution is -0.136. The van der Waals surface area contributed by atoms with E-state index in [9.17, 15) is 4.79 Å². The number of hydrogen-bond acceptors (Lipinski definition) is 6. The number of amides is 1. The summed E-state index contributed by atoms with van der Waals surface area (Å²) in [6.07, 6.45) is 3.32. The van der Waals surface area contributed by atoms with Gasteiger partial charge in [-0.3, -0.25) is 4.79 Å². The molecule has 140 valence electrons. The van der Waals surface area contributed by atoms with Crippen molar-refractivity contribution in [2.45, 2.75) is 62.5 Å². The average molecular weight is 375 g/mol. The van der Waals surface area contributed by atoms with E-state index in [1.165, 1.54) is 18.2 Å². The van der Waals surface area contributed by atoms with Gasteiger partial charge in [-0.1, -0.05) is 11.8 Å². The Kier molecular flexibility index (Phi) is 5.80. The summed E-state index contributed by atoms with van der Waals surface area (Å²) in [4.78, 5) is 15.0. The molecule has 0 N–H and O–H groups in total. The number of methoxy groups -OCH3 is 1. The van der Waals surface area contributed by atoms with Gasteiger partial charge in [-0.05, 0) is 74.7 Å². The minimum Gasteiger partial charge on any atom is -0.497 e. The van der Waals surface area contributed by atoms with Gasteiger partial charge in [0.05, 0.1) is 18.0 Å². The van der Waals surface area contributed by atoms with Crippen LogP contribution in [0.5, 0.6) is 5.75 Å². The first-order valence-corrected chi connectivity index (χ1v) is 9.81. The van der Waals surface area contributed by atoms with E-state index in [0.29, 0.717) is 5.16 Å². The molecule has 0 bridgehead atoms. The van der Waals surface area contributed by atoms with Crippen LogP contribution in [-0.2, 0) is 4.79 Å². The Hall–Kier alpha value is -2.09. The van der Waals surface area contributed by atoms with Gasteiger partial charge in [0.1, 0.15) is 5.75 Å². The summed E-state index contributed by atoms with van der Waals surface area (Å²) in [7, 11) is 1.63. The molecule has 1 amide bonds. The zero-order valence-corrected chi connectivity index (χ0v) is 16.4. The summed E-state index contributed by atoms with van der Waals surface area (Å²) in [5.41, 5.74) is 0.831. The Morgan fingerprint density at radius 1 is 1.23 bits per heavy atom. The van der Waals surface area contributed by atoms with Gasteiger partial charge in [-0.15, -0.1) is 5.10 Å². The number of rotatable bonds is 5. The summed E-state index contributed by atoms with van der Waals surface area (Å²) in [6, 6.07) is 8.06. The predicted octanol–water partition coefficient (Wildman–Crippen LogP) is 2.94. The normalized spacial score (nSPS) is 21.5. The van der Waals surface area contributed by atoms with Gasteiger partial charge in [0.15, 0.2) is 0 Å². The van der Waals surface area contributed by atoms with Crippen molar-refractivity contribution in [3.05, 3.63) is 24.3 Å². The Labute approximate surface area is 158 Å². The number of ether oxygens (including phenoxy) is 1. The molecule has 1 fully saturated rings. The van der Waals surface area contributed by atoms with Crippen LogP contribution in [0, 0.1) is 0 Å². The molecule has 8 heteroatoms. The van der Waals surface area contributed by atoms with E-state index < -0.39 is 0 Å². The maximum atomic E-state index is 13.0. The molecule has 2 aromatic rings. The van der Waals surface area contributed by atoms with Crippen molar-refractivity contribution < 1.29 is 9.53 Å². The molecule has 0 saturated carbocycles. The number of likely N-dealkylation sites (tertiary alicyclic amines) is 1. The van der Waals surface area contributed by atoms with Gasteiger partial charge >= 0.3 is 0 Å². The molecule has 1 aliphatic rings. The van der Waals surface area contributed by atoms with Gasteiger partial charge in [0.25, 0.3) is 0 Å². The molecule has 0 spiro atoms. The highest BCUT2D eigenvalue weighted by Crippen LogP contribution is 2.29. The molecule has 3 atom stereocenters. The predicted molar refractivity (Wildman–Crippen MR) is 101 cm³/mol. The average Bonchev–Trinajstić information content (AvgIpc) is 3.09. The van der Waals surface area contributed by atoms with E-state index in [1.54, 1.807) is 11.8 Å². The first-order chi connectivity index (χ1) is 12.5. The molecule has 1 aliphatic heterocycles. The highest BCUT2D eigenvalue weighted by molar-refractivity contribution is 8.00. The molecule has 7 nitrogen and oxygen atoms in total. The van der Waals surface area contributed by atoms with Crippen molar-refractivity contribution in [3.8, 4) is 11.4 Å². The van der Waals surface area contributed by atoms with Crippen molar-refractivity contribution in [2.75, 3.05) is 7.11 Å². The van der Waals surface area contributed by atoms with E-state index in [0.717, 1.165) is 24.3 Å². The van der Waals surface area contributed by atoms with Crippen LogP contribution in [0.4, 0.5) is 0 Å². The minimum absolute atomic E-state index is 0.152. The van der Waals surface area contributed by atoms with Crippen LogP contribution in [0.3, 0.4) is 0 Å². The number of carbonyl (C=O) groups excluding carboxylic acids is 1. The lowest BCUT2D eigenvalue weighted by Gasteiger charge is -2.40. The van der Waals surface area contributed by atoms with Crippen molar-refractivity contribution in [1.82, 2.24) is 25.1 Å². The minimum atomic E-state index is -0.249. The number of tetrazole rings is 1. The van der Waals surface area contributed by atoms with Crippen LogP contribution in [0.1, 0.15) is 40.0 Å². The van der Waals surface area contributed by atoms with Crippen LogP contribution in [0.25, 0.3) is 5.69 Å². The highest BCUT2D eigenvalue weighted by atomic mass is 32.2. The van der Waals surface area contributed by atoms with Crippen molar-refractivity contribution in [3.63, 3.8) is 0 Å². The SMILES string of the molecule is COc1ccc(-n2nnnc2S[C@H](C)C(=O)N2[C@@H](C)CCC[C@@H]2C)cc1. The lowest BCUT2D eigenvalue weighted by Crippen LogP contribution is -2.50. The Morgan fingerprint density at radius 3 is 2.50 bits per heavy atom. The number of piperidine rings is 1. The Bertz CT molecular complexity index is 738. The first-order valence-electron chi connectivity index (χ1n) is 8.93. The largest absolute Gasteiger partial charge is 0.497 e. The number of hydrogen-bond donors (Lipinski definition) is 0. The second kappa shape index (κ2) is 8.07. The summed E-state index contributed by atoms with van der Waals surface area (Å²) < 4.78 is 6.83. The van der Waals surface area contributed by atoms with Crippen molar-refractivity contribution in [2.24, 2.45) is 0 Å². The molecule has 0 aliphatic carbocycles. The smallest absolute Gasteiger partial charge is 0.236 e. The Morgan fingerprint density at radius 2 is 1.88 bits per heavy atom. The summed E-state index contributed by atoms with van der Waals surface area (Å²) in [6.45, 7) is 6.19. The van der Waals surface area contributed by atoms with Gasteiger partial charge in [-0.2, -0.15) is 4.68 Å². The van der Waals surface area contributed by atoms with Crippen molar-refractivity contribution >= 4 is 17.7 Å². The number of aromatic nitrogens is 4. The summed E-state index contributed by atoms with van der Waals surface area (Å²) in [5.74, 6) is 0.923.